The second-order valence-electron chi connectivity index (χ2n) is 6.26. The highest BCUT2D eigenvalue weighted by atomic mass is 32.2. The molecule has 0 radical (unpaired) electrons. The van der Waals surface area contributed by atoms with Crippen molar-refractivity contribution in [2.45, 2.75) is 32.6 Å². The van der Waals surface area contributed by atoms with Gasteiger partial charge in [-0.2, -0.15) is 0 Å². The Balaban J connectivity index is 1.78. The summed E-state index contributed by atoms with van der Waals surface area (Å²) in [6, 6.07) is 14.5. The van der Waals surface area contributed by atoms with Gasteiger partial charge in [0.05, 0.1) is 0 Å². The van der Waals surface area contributed by atoms with Crippen LogP contribution >= 0.6 is 11.8 Å². The molecule has 0 aliphatic carbocycles. The van der Waals surface area contributed by atoms with Gasteiger partial charge >= 0.3 is 6.03 Å². The van der Waals surface area contributed by atoms with Gasteiger partial charge in [0.2, 0.25) is 0 Å². The van der Waals surface area contributed by atoms with Gasteiger partial charge in [-0.05, 0) is 49.1 Å². The van der Waals surface area contributed by atoms with Gasteiger partial charge < -0.3 is 10.2 Å². The van der Waals surface area contributed by atoms with Crippen LogP contribution in [0, 0.1) is 13.8 Å². The maximum absolute atomic E-state index is 12.8. The second-order valence-corrected chi connectivity index (χ2v) is 7.45. The molecule has 24 heavy (non-hydrogen) atoms. The molecule has 2 amide bonds. The van der Waals surface area contributed by atoms with E-state index in [2.05, 4.69) is 50.4 Å². The summed E-state index contributed by atoms with van der Waals surface area (Å²) in [5.74, 6) is 0.973. The molecule has 0 saturated carbocycles. The molecule has 1 aliphatic rings. The highest BCUT2D eigenvalue weighted by Gasteiger charge is 2.31. The largest absolute Gasteiger partial charge is 0.323 e. The number of amides is 2. The van der Waals surface area contributed by atoms with E-state index >= 15 is 0 Å². The highest BCUT2D eigenvalue weighted by molar-refractivity contribution is 7.99. The first kappa shape index (κ1) is 16.9. The van der Waals surface area contributed by atoms with Crippen LogP contribution in [-0.4, -0.2) is 23.2 Å². The fourth-order valence-corrected chi connectivity index (χ4v) is 4.45. The van der Waals surface area contributed by atoms with Crippen LogP contribution in [0.3, 0.4) is 0 Å². The van der Waals surface area contributed by atoms with E-state index in [4.69, 9.17) is 0 Å². The van der Waals surface area contributed by atoms with E-state index in [1.165, 1.54) is 22.3 Å². The lowest BCUT2D eigenvalue weighted by atomic mass is 10.1. The van der Waals surface area contributed by atoms with E-state index in [0.717, 1.165) is 24.4 Å². The standard InChI is InChI=1S/C20H24N2OS/c1-4-16-6-5-7-17(13-16)21-20(23)22-10-11-24-19(22)18-9-8-14(2)12-15(18)3/h5-9,12-13,19H,4,10-11H2,1-3H3,(H,21,23)/t19-/m0/s1. The Morgan fingerprint density at radius 3 is 2.83 bits per heavy atom. The van der Waals surface area contributed by atoms with Crippen LogP contribution in [-0.2, 0) is 6.42 Å². The van der Waals surface area contributed by atoms with Crippen LogP contribution in [0.25, 0.3) is 0 Å². The van der Waals surface area contributed by atoms with Crippen LogP contribution < -0.4 is 5.32 Å². The first-order chi connectivity index (χ1) is 11.6. The average Bonchev–Trinajstić information content (AvgIpc) is 3.04. The van der Waals surface area contributed by atoms with Crippen molar-refractivity contribution in [3.8, 4) is 0 Å². The number of anilines is 1. The third kappa shape index (κ3) is 3.59. The van der Waals surface area contributed by atoms with E-state index in [1.54, 1.807) is 0 Å². The summed E-state index contributed by atoms with van der Waals surface area (Å²) in [5, 5.41) is 3.16. The van der Waals surface area contributed by atoms with Crippen molar-refractivity contribution in [1.82, 2.24) is 4.90 Å². The molecule has 1 heterocycles. The zero-order valence-corrected chi connectivity index (χ0v) is 15.3. The van der Waals surface area contributed by atoms with E-state index in [0.29, 0.717) is 0 Å². The molecule has 0 bridgehead atoms. The first-order valence-electron chi connectivity index (χ1n) is 8.44. The summed E-state index contributed by atoms with van der Waals surface area (Å²) >= 11 is 1.84. The number of hydrogen-bond donors (Lipinski definition) is 1. The van der Waals surface area contributed by atoms with Gasteiger partial charge in [-0.1, -0.05) is 42.8 Å². The number of carbonyl (C=O) groups is 1. The summed E-state index contributed by atoms with van der Waals surface area (Å²) in [4.78, 5) is 14.7. The van der Waals surface area contributed by atoms with E-state index in [9.17, 15) is 4.79 Å². The average molecular weight is 340 g/mol. The molecule has 1 fully saturated rings. The molecule has 1 aliphatic heterocycles. The van der Waals surface area contributed by atoms with Gasteiger partial charge in [0, 0.05) is 18.0 Å². The first-order valence-corrected chi connectivity index (χ1v) is 9.48. The topological polar surface area (TPSA) is 32.3 Å². The minimum Gasteiger partial charge on any atom is -0.308 e. The number of hydrogen-bond acceptors (Lipinski definition) is 2. The Kier molecular flexibility index (Phi) is 5.14. The Labute approximate surface area is 148 Å². The smallest absolute Gasteiger partial charge is 0.308 e. The molecule has 4 heteroatoms. The number of rotatable bonds is 3. The van der Waals surface area contributed by atoms with E-state index < -0.39 is 0 Å². The molecule has 1 N–H and O–H groups in total. The monoisotopic (exact) mass is 340 g/mol. The van der Waals surface area contributed by atoms with E-state index in [1.807, 2.05) is 34.9 Å². The van der Waals surface area contributed by atoms with Gasteiger partial charge in [-0.15, -0.1) is 11.8 Å². The van der Waals surface area contributed by atoms with Crippen molar-refractivity contribution < 1.29 is 4.79 Å². The summed E-state index contributed by atoms with van der Waals surface area (Å²) in [6.45, 7) is 7.13. The molecular formula is C20H24N2OS. The van der Waals surface area contributed by atoms with Crippen LogP contribution in [0.2, 0.25) is 0 Å². The Hall–Kier alpha value is -1.94. The normalized spacial score (nSPS) is 17.1. The number of nitrogens with zero attached hydrogens (tertiary/aromatic N) is 1. The summed E-state index contributed by atoms with van der Waals surface area (Å²) in [6.07, 6.45) is 0.967. The molecule has 126 valence electrons. The zero-order valence-electron chi connectivity index (χ0n) is 14.5. The minimum atomic E-state index is -0.0155. The number of thioether (sulfide) groups is 1. The molecule has 3 nitrogen and oxygen atoms in total. The molecule has 1 saturated heterocycles. The molecule has 2 aromatic rings. The van der Waals surface area contributed by atoms with Crippen molar-refractivity contribution in [1.29, 1.82) is 0 Å². The zero-order chi connectivity index (χ0) is 17.1. The summed E-state index contributed by atoms with van der Waals surface area (Å²) in [7, 11) is 0. The summed E-state index contributed by atoms with van der Waals surface area (Å²) in [5.41, 5.74) is 5.84. The molecule has 0 unspecified atom stereocenters. The van der Waals surface area contributed by atoms with Gasteiger partial charge in [0.15, 0.2) is 0 Å². The van der Waals surface area contributed by atoms with Crippen molar-refractivity contribution in [3.05, 3.63) is 64.7 Å². The number of aryl methyl sites for hydroxylation is 3. The maximum Gasteiger partial charge on any atom is 0.323 e. The lowest BCUT2D eigenvalue weighted by Crippen LogP contribution is -2.34. The number of carbonyl (C=O) groups excluding carboxylic acids is 1. The molecule has 0 aromatic heterocycles. The predicted molar refractivity (Wildman–Crippen MR) is 103 cm³/mol. The molecule has 3 rings (SSSR count). The van der Waals surface area contributed by atoms with Crippen molar-refractivity contribution in [3.63, 3.8) is 0 Å². The van der Waals surface area contributed by atoms with Crippen LogP contribution in [0.5, 0.6) is 0 Å². The molecule has 2 aromatic carbocycles. The van der Waals surface area contributed by atoms with Crippen molar-refractivity contribution in [2.75, 3.05) is 17.6 Å². The fraction of sp³-hybridized carbons (Fsp3) is 0.350. The SMILES string of the molecule is CCc1cccc(NC(=O)N2CCS[C@H]2c2ccc(C)cc2C)c1. The third-order valence-electron chi connectivity index (χ3n) is 4.43. The Morgan fingerprint density at radius 1 is 1.25 bits per heavy atom. The van der Waals surface area contributed by atoms with Gasteiger partial charge in [0.25, 0.3) is 0 Å². The van der Waals surface area contributed by atoms with Crippen molar-refractivity contribution in [2.24, 2.45) is 0 Å². The minimum absolute atomic E-state index is 0.0155. The van der Waals surface area contributed by atoms with E-state index in [-0.39, 0.29) is 11.4 Å². The summed E-state index contributed by atoms with van der Waals surface area (Å²) < 4.78 is 0. The number of nitrogens with one attached hydrogen (secondary N) is 1. The molecule has 0 spiro atoms. The third-order valence-corrected chi connectivity index (χ3v) is 5.67. The molecule has 1 atom stereocenters. The predicted octanol–water partition coefficient (Wildman–Crippen LogP) is 5.15. The molecular weight excluding hydrogens is 316 g/mol. The van der Waals surface area contributed by atoms with Crippen LogP contribution in [0.15, 0.2) is 42.5 Å². The van der Waals surface area contributed by atoms with Gasteiger partial charge in [0.1, 0.15) is 5.37 Å². The van der Waals surface area contributed by atoms with Crippen LogP contribution in [0.4, 0.5) is 10.5 Å². The number of benzene rings is 2. The quantitative estimate of drug-likeness (QED) is 0.838. The van der Waals surface area contributed by atoms with Crippen LogP contribution in [0.1, 0.15) is 34.6 Å². The van der Waals surface area contributed by atoms with Gasteiger partial charge in [-0.25, -0.2) is 4.79 Å². The second kappa shape index (κ2) is 7.31. The number of urea groups is 1. The Morgan fingerprint density at radius 2 is 2.08 bits per heavy atom. The lowest BCUT2D eigenvalue weighted by Gasteiger charge is -2.26. The van der Waals surface area contributed by atoms with Crippen molar-refractivity contribution >= 4 is 23.5 Å². The van der Waals surface area contributed by atoms with Gasteiger partial charge in [-0.3, -0.25) is 0 Å². The fourth-order valence-electron chi connectivity index (χ4n) is 3.10. The highest BCUT2D eigenvalue weighted by Crippen LogP contribution is 2.39. The Bertz CT molecular complexity index is 744. The maximum atomic E-state index is 12.8. The lowest BCUT2D eigenvalue weighted by molar-refractivity contribution is 0.214.